The molecule has 0 saturated carbocycles. The van der Waals surface area contributed by atoms with Crippen LogP contribution in [0.25, 0.3) is 0 Å². The van der Waals surface area contributed by atoms with Crippen LogP contribution in [-0.4, -0.2) is 25.1 Å². The minimum atomic E-state index is -0.0387. The fourth-order valence-electron chi connectivity index (χ4n) is 2.71. The quantitative estimate of drug-likeness (QED) is 0.608. The molecular formula is C22H23N3O3. The lowest BCUT2D eigenvalue weighted by Gasteiger charge is -2.12. The Morgan fingerprint density at radius 3 is 2.50 bits per heavy atom. The van der Waals surface area contributed by atoms with E-state index in [4.69, 9.17) is 9.47 Å². The molecule has 0 aliphatic rings. The Bertz CT molecular complexity index is 912. The van der Waals surface area contributed by atoms with Crippen molar-refractivity contribution >= 4 is 23.1 Å². The number of hydrogen-bond donors (Lipinski definition) is 2. The number of ether oxygens (including phenoxy) is 2. The smallest absolute Gasteiger partial charge is 0.224 e. The van der Waals surface area contributed by atoms with Crippen LogP contribution in [0.4, 0.5) is 17.2 Å². The number of hydrogen-bond acceptors (Lipinski definition) is 5. The predicted molar refractivity (Wildman–Crippen MR) is 110 cm³/mol. The van der Waals surface area contributed by atoms with Crippen molar-refractivity contribution in [2.24, 2.45) is 0 Å². The average molecular weight is 377 g/mol. The first-order valence-electron chi connectivity index (χ1n) is 8.97. The zero-order chi connectivity index (χ0) is 19.8. The number of methoxy groups -OCH3 is 2. The van der Waals surface area contributed by atoms with Crippen LogP contribution in [0.15, 0.2) is 66.9 Å². The number of aryl methyl sites for hydroxylation is 1. The van der Waals surface area contributed by atoms with Crippen molar-refractivity contribution in [1.29, 1.82) is 0 Å². The van der Waals surface area contributed by atoms with Crippen LogP contribution in [-0.2, 0) is 11.2 Å². The van der Waals surface area contributed by atoms with Crippen molar-refractivity contribution in [3.8, 4) is 11.5 Å². The number of nitrogens with one attached hydrogen (secondary N) is 2. The molecule has 0 bridgehead atoms. The molecule has 28 heavy (non-hydrogen) atoms. The van der Waals surface area contributed by atoms with Crippen LogP contribution in [0.3, 0.4) is 0 Å². The summed E-state index contributed by atoms with van der Waals surface area (Å²) in [7, 11) is 3.21. The first kappa shape index (κ1) is 19.2. The molecule has 0 aliphatic carbocycles. The maximum absolute atomic E-state index is 12.1. The van der Waals surface area contributed by atoms with E-state index in [9.17, 15) is 4.79 Å². The van der Waals surface area contributed by atoms with Gasteiger partial charge in [0.05, 0.1) is 31.8 Å². The second-order valence-corrected chi connectivity index (χ2v) is 6.16. The lowest BCUT2D eigenvalue weighted by atomic mass is 10.1. The molecule has 144 valence electrons. The summed E-state index contributed by atoms with van der Waals surface area (Å²) in [4.78, 5) is 16.5. The van der Waals surface area contributed by atoms with Crippen LogP contribution >= 0.6 is 0 Å². The molecule has 6 nitrogen and oxygen atoms in total. The van der Waals surface area contributed by atoms with E-state index in [0.29, 0.717) is 35.8 Å². The van der Waals surface area contributed by atoms with Gasteiger partial charge in [0.2, 0.25) is 5.91 Å². The van der Waals surface area contributed by atoms with Gasteiger partial charge >= 0.3 is 0 Å². The first-order valence-corrected chi connectivity index (χ1v) is 8.97. The normalized spacial score (nSPS) is 10.2. The molecule has 0 radical (unpaired) electrons. The largest absolute Gasteiger partial charge is 0.497 e. The summed E-state index contributed by atoms with van der Waals surface area (Å²) in [5.41, 5.74) is 2.57. The highest BCUT2D eigenvalue weighted by atomic mass is 16.5. The van der Waals surface area contributed by atoms with Gasteiger partial charge in [-0.2, -0.15) is 0 Å². The third-order valence-electron chi connectivity index (χ3n) is 4.20. The number of carbonyl (C=O) groups is 1. The fraction of sp³-hybridized carbons (Fsp3) is 0.182. The van der Waals surface area contributed by atoms with Gasteiger partial charge in [-0.1, -0.05) is 30.3 Å². The summed E-state index contributed by atoms with van der Waals surface area (Å²) in [5, 5.41) is 6.07. The third-order valence-corrected chi connectivity index (χ3v) is 4.20. The van der Waals surface area contributed by atoms with Crippen LogP contribution in [0.1, 0.15) is 12.0 Å². The molecule has 1 amide bonds. The van der Waals surface area contributed by atoms with Crippen molar-refractivity contribution < 1.29 is 14.3 Å². The van der Waals surface area contributed by atoms with Crippen molar-refractivity contribution in [3.63, 3.8) is 0 Å². The highest BCUT2D eigenvalue weighted by Gasteiger charge is 2.07. The molecule has 0 fully saturated rings. The molecule has 3 rings (SSSR count). The van der Waals surface area contributed by atoms with Gasteiger partial charge in [0, 0.05) is 12.5 Å². The number of nitrogens with zero attached hydrogens (tertiary/aromatic N) is 1. The van der Waals surface area contributed by atoms with E-state index in [1.54, 1.807) is 32.5 Å². The van der Waals surface area contributed by atoms with Crippen molar-refractivity contribution in [2.45, 2.75) is 12.8 Å². The van der Waals surface area contributed by atoms with Gasteiger partial charge in [-0.15, -0.1) is 0 Å². The second kappa shape index (κ2) is 9.41. The summed E-state index contributed by atoms with van der Waals surface area (Å²) in [6, 6.07) is 19.1. The Labute approximate surface area is 164 Å². The molecule has 6 heteroatoms. The molecular weight excluding hydrogens is 354 g/mol. The summed E-state index contributed by atoms with van der Waals surface area (Å²) >= 11 is 0. The minimum absolute atomic E-state index is 0.0387. The number of carbonyl (C=O) groups excluding carboxylic acids is 1. The van der Waals surface area contributed by atoms with E-state index < -0.39 is 0 Å². The van der Waals surface area contributed by atoms with E-state index in [-0.39, 0.29) is 5.91 Å². The standard InChI is InChI=1S/C22H23N3O3/c1-27-18-10-11-19(20(14-18)28-2)25-21-12-9-17(15-23-21)24-22(26)13-8-16-6-4-3-5-7-16/h3-7,9-12,14-15H,8,13H2,1-2H3,(H,23,25)(H,24,26). The molecule has 2 N–H and O–H groups in total. The van der Waals surface area contributed by atoms with E-state index in [2.05, 4.69) is 15.6 Å². The molecule has 0 saturated heterocycles. The lowest BCUT2D eigenvalue weighted by molar-refractivity contribution is -0.116. The van der Waals surface area contributed by atoms with E-state index >= 15 is 0 Å². The topological polar surface area (TPSA) is 72.5 Å². The molecule has 1 aromatic heterocycles. The monoisotopic (exact) mass is 377 g/mol. The van der Waals surface area contributed by atoms with Gasteiger partial charge in [0.1, 0.15) is 17.3 Å². The third kappa shape index (κ3) is 5.23. The van der Waals surface area contributed by atoms with E-state index in [1.165, 1.54) is 0 Å². The van der Waals surface area contributed by atoms with Gasteiger partial charge in [-0.3, -0.25) is 4.79 Å². The average Bonchev–Trinajstić information content (AvgIpc) is 2.74. The lowest BCUT2D eigenvalue weighted by Crippen LogP contribution is -2.12. The van der Waals surface area contributed by atoms with Gasteiger partial charge < -0.3 is 20.1 Å². The van der Waals surface area contributed by atoms with Gasteiger partial charge in [0.25, 0.3) is 0 Å². The van der Waals surface area contributed by atoms with Crippen molar-refractivity contribution in [3.05, 3.63) is 72.4 Å². The number of anilines is 3. The van der Waals surface area contributed by atoms with Crippen LogP contribution in [0.2, 0.25) is 0 Å². The summed E-state index contributed by atoms with van der Waals surface area (Å²) in [6.45, 7) is 0. The Hall–Kier alpha value is -3.54. The molecule has 0 atom stereocenters. The number of aromatic nitrogens is 1. The second-order valence-electron chi connectivity index (χ2n) is 6.16. The maximum Gasteiger partial charge on any atom is 0.224 e. The zero-order valence-electron chi connectivity index (χ0n) is 15.9. The summed E-state index contributed by atoms with van der Waals surface area (Å²) < 4.78 is 10.6. The molecule has 2 aromatic carbocycles. The number of benzene rings is 2. The molecule has 0 unspecified atom stereocenters. The van der Waals surface area contributed by atoms with Crippen molar-refractivity contribution in [1.82, 2.24) is 4.98 Å². The summed E-state index contributed by atoms with van der Waals surface area (Å²) in [5.74, 6) is 1.97. The predicted octanol–water partition coefficient (Wildman–Crippen LogP) is 4.41. The van der Waals surface area contributed by atoms with E-state index in [1.807, 2.05) is 48.5 Å². The Balaban J connectivity index is 1.57. The van der Waals surface area contributed by atoms with Crippen LogP contribution in [0, 0.1) is 0 Å². The highest BCUT2D eigenvalue weighted by molar-refractivity contribution is 5.90. The molecule has 0 aliphatic heterocycles. The SMILES string of the molecule is COc1ccc(Nc2ccc(NC(=O)CCc3ccccc3)cn2)c(OC)c1. The highest BCUT2D eigenvalue weighted by Crippen LogP contribution is 2.31. The molecule has 3 aromatic rings. The fourth-order valence-corrected chi connectivity index (χ4v) is 2.71. The van der Waals surface area contributed by atoms with Crippen molar-refractivity contribution in [2.75, 3.05) is 24.9 Å². The van der Waals surface area contributed by atoms with E-state index in [0.717, 1.165) is 11.3 Å². The Morgan fingerprint density at radius 2 is 1.82 bits per heavy atom. The minimum Gasteiger partial charge on any atom is -0.497 e. The molecule has 0 spiro atoms. The van der Waals surface area contributed by atoms with Gasteiger partial charge in [-0.05, 0) is 36.2 Å². The maximum atomic E-state index is 12.1. The van der Waals surface area contributed by atoms with Crippen LogP contribution < -0.4 is 20.1 Å². The number of rotatable bonds is 8. The number of amides is 1. The van der Waals surface area contributed by atoms with Crippen LogP contribution in [0.5, 0.6) is 11.5 Å². The number of pyridine rings is 1. The first-order chi connectivity index (χ1) is 13.7. The Morgan fingerprint density at radius 1 is 1.00 bits per heavy atom. The van der Waals surface area contributed by atoms with Gasteiger partial charge in [0.15, 0.2) is 0 Å². The Kier molecular flexibility index (Phi) is 6.46. The molecule has 1 heterocycles. The summed E-state index contributed by atoms with van der Waals surface area (Å²) in [6.07, 6.45) is 2.75. The van der Waals surface area contributed by atoms with Gasteiger partial charge in [-0.25, -0.2) is 4.98 Å². The zero-order valence-corrected chi connectivity index (χ0v) is 15.9.